The number of amides is 1. The standard InChI is InChI=1S/C13H19N3O3/c1-2-10(11-14-5-6-15-11)16-12(17)8-3-4-9(7-8)13(18)19/h5-6,8-10H,2-4,7H2,1H3,(H,14,15)(H,16,17)(H,18,19). The summed E-state index contributed by atoms with van der Waals surface area (Å²) in [6, 6.07) is -0.133. The molecule has 3 atom stereocenters. The van der Waals surface area contributed by atoms with Crippen LogP contribution in [0, 0.1) is 11.8 Å². The van der Waals surface area contributed by atoms with E-state index in [9.17, 15) is 9.59 Å². The summed E-state index contributed by atoms with van der Waals surface area (Å²) < 4.78 is 0. The molecule has 1 aliphatic carbocycles. The van der Waals surface area contributed by atoms with Gasteiger partial charge in [0.15, 0.2) is 0 Å². The zero-order chi connectivity index (χ0) is 13.8. The van der Waals surface area contributed by atoms with Crippen LogP contribution in [0.2, 0.25) is 0 Å². The van der Waals surface area contributed by atoms with Gasteiger partial charge in [-0.3, -0.25) is 9.59 Å². The smallest absolute Gasteiger partial charge is 0.306 e. The van der Waals surface area contributed by atoms with Crippen molar-refractivity contribution in [2.24, 2.45) is 11.8 Å². The summed E-state index contributed by atoms with van der Waals surface area (Å²) in [6.07, 6.45) is 5.80. The minimum Gasteiger partial charge on any atom is -0.481 e. The zero-order valence-electron chi connectivity index (χ0n) is 10.9. The second-order valence-electron chi connectivity index (χ2n) is 4.99. The summed E-state index contributed by atoms with van der Waals surface area (Å²) in [7, 11) is 0. The molecule has 19 heavy (non-hydrogen) atoms. The number of hydrogen-bond donors (Lipinski definition) is 3. The maximum Gasteiger partial charge on any atom is 0.306 e. The Morgan fingerprint density at radius 2 is 2.26 bits per heavy atom. The van der Waals surface area contributed by atoms with E-state index in [4.69, 9.17) is 5.11 Å². The van der Waals surface area contributed by atoms with E-state index in [1.807, 2.05) is 6.92 Å². The van der Waals surface area contributed by atoms with E-state index in [-0.39, 0.29) is 23.8 Å². The number of aromatic nitrogens is 2. The van der Waals surface area contributed by atoms with Crippen LogP contribution in [0.3, 0.4) is 0 Å². The highest BCUT2D eigenvalue weighted by Crippen LogP contribution is 2.31. The van der Waals surface area contributed by atoms with Gasteiger partial charge in [0.1, 0.15) is 5.82 Å². The number of aliphatic carboxylic acids is 1. The van der Waals surface area contributed by atoms with Crippen LogP contribution < -0.4 is 5.32 Å². The van der Waals surface area contributed by atoms with Gasteiger partial charge >= 0.3 is 5.97 Å². The summed E-state index contributed by atoms with van der Waals surface area (Å²) in [5.74, 6) is -0.687. The second kappa shape index (κ2) is 5.86. The molecule has 1 saturated carbocycles. The molecule has 2 rings (SSSR count). The van der Waals surface area contributed by atoms with E-state index in [2.05, 4.69) is 15.3 Å². The summed E-state index contributed by atoms with van der Waals surface area (Å²) in [5.41, 5.74) is 0. The number of imidazole rings is 1. The molecule has 1 aromatic heterocycles. The first-order valence-corrected chi connectivity index (χ1v) is 6.64. The molecule has 3 unspecified atom stereocenters. The molecular formula is C13H19N3O3. The highest BCUT2D eigenvalue weighted by molar-refractivity contribution is 5.81. The number of rotatable bonds is 5. The number of carboxylic acid groups (broad SMARTS) is 1. The van der Waals surface area contributed by atoms with Crippen LogP contribution in [0.4, 0.5) is 0 Å². The Balaban J connectivity index is 1.92. The number of carbonyl (C=O) groups is 2. The van der Waals surface area contributed by atoms with Crippen molar-refractivity contribution in [3.8, 4) is 0 Å². The van der Waals surface area contributed by atoms with Gasteiger partial charge in [-0.25, -0.2) is 4.98 Å². The predicted molar refractivity (Wildman–Crippen MR) is 68.2 cm³/mol. The number of nitrogens with zero attached hydrogens (tertiary/aromatic N) is 1. The highest BCUT2D eigenvalue weighted by Gasteiger charge is 2.34. The number of nitrogens with one attached hydrogen (secondary N) is 2. The molecule has 6 heteroatoms. The molecule has 3 N–H and O–H groups in total. The van der Waals surface area contributed by atoms with Crippen LogP contribution in [0.25, 0.3) is 0 Å². The molecule has 104 valence electrons. The number of aromatic amines is 1. The third kappa shape index (κ3) is 3.13. The van der Waals surface area contributed by atoms with Crippen LogP contribution in [0.15, 0.2) is 12.4 Å². The molecule has 1 amide bonds. The van der Waals surface area contributed by atoms with Gasteiger partial charge in [0.05, 0.1) is 12.0 Å². The van der Waals surface area contributed by atoms with Crippen molar-refractivity contribution in [3.63, 3.8) is 0 Å². The lowest BCUT2D eigenvalue weighted by Crippen LogP contribution is -2.33. The van der Waals surface area contributed by atoms with Gasteiger partial charge in [-0.15, -0.1) is 0 Å². The van der Waals surface area contributed by atoms with Crippen molar-refractivity contribution in [2.75, 3.05) is 0 Å². The van der Waals surface area contributed by atoms with Crippen LogP contribution in [0.1, 0.15) is 44.5 Å². The number of carbonyl (C=O) groups excluding carboxylic acids is 1. The first-order valence-electron chi connectivity index (χ1n) is 6.64. The molecule has 0 aromatic carbocycles. The lowest BCUT2D eigenvalue weighted by Gasteiger charge is -2.17. The molecule has 0 aliphatic heterocycles. The monoisotopic (exact) mass is 265 g/mol. The average molecular weight is 265 g/mol. The van der Waals surface area contributed by atoms with Crippen LogP contribution >= 0.6 is 0 Å². The zero-order valence-corrected chi connectivity index (χ0v) is 10.9. The molecule has 1 aromatic rings. The fraction of sp³-hybridized carbons (Fsp3) is 0.615. The number of H-pyrrole nitrogens is 1. The van der Waals surface area contributed by atoms with Crippen molar-refractivity contribution in [3.05, 3.63) is 18.2 Å². The van der Waals surface area contributed by atoms with Crippen molar-refractivity contribution >= 4 is 11.9 Å². The summed E-state index contributed by atoms with van der Waals surface area (Å²) in [5, 5.41) is 11.9. The van der Waals surface area contributed by atoms with E-state index in [0.717, 1.165) is 12.2 Å². The van der Waals surface area contributed by atoms with Crippen LogP contribution in [-0.4, -0.2) is 27.0 Å². The third-order valence-electron chi connectivity index (χ3n) is 3.73. The van der Waals surface area contributed by atoms with Crippen molar-refractivity contribution in [2.45, 2.75) is 38.6 Å². The highest BCUT2D eigenvalue weighted by atomic mass is 16.4. The topological polar surface area (TPSA) is 95.1 Å². The van der Waals surface area contributed by atoms with Gasteiger partial charge in [0, 0.05) is 18.3 Å². The molecule has 1 fully saturated rings. The summed E-state index contributed by atoms with van der Waals surface area (Å²) in [6.45, 7) is 1.97. The fourth-order valence-corrected chi connectivity index (χ4v) is 2.57. The maximum absolute atomic E-state index is 12.1. The molecule has 0 bridgehead atoms. The Kier molecular flexibility index (Phi) is 4.19. The van der Waals surface area contributed by atoms with Crippen molar-refractivity contribution < 1.29 is 14.7 Å². The SMILES string of the molecule is CCC(NC(=O)C1CCC(C(=O)O)C1)c1ncc[nH]1. The van der Waals surface area contributed by atoms with Gasteiger partial charge in [0.25, 0.3) is 0 Å². The molecular weight excluding hydrogens is 246 g/mol. The van der Waals surface area contributed by atoms with Crippen LogP contribution in [-0.2, 0) is 9.59 Å². The van der Waals surface area contributed by atoms with Gasteiger partial charge in [-0.05, 0) is 25.7 Å². The lowest BCUT2D eigenvalue weighted by molar-refractivity contribution is -0.141. The molecule has 0 saturated heterocycles. The van der Waals surface area contributed by atoms with E-state index >= 15 is 0 Å². The summed E-state index contributed by atoms with van der Waals surface area (Å²) in [4.78, 5) is 30.2. The molecule has 6 nitrogen and oxygen atoms in total. The van der Waals surface area contributed by atoms with Gasteiger partial charge in [-0.2, -0.15) is 0 Å². The van der Waals surface area contributed by atoms with E-state index in [1.54, 1.807) is 12.4 Å². The van der Waals surface area contributed by atoms with E-state index in [0.29, 0.717) is 19.3 Å². The van der Waals surface area contributed by atoms with E-state index in [1.165, 1.54) is 0 Å². The van der Waals surface area contributed by atoms with Gasteiger partial charge in [0.2, 0.25) is 5.91 Å². The fourth-order valence-electron chi connectivity index (χ4n) is 2.57. The normalized spacial score (nSPS) is 24.1. The van der Waals surface area contributed by atoms with Crippen molar-refractivity contribution in [1.29, 1.82) is 0 Å². The Hall–Kier alpha value is -1.85. The van der Waals surface area contributed by atoms with Crippen LogP contribution in [0.5, 0.6) is 0 Å². The predicted octanol–water partition coefficient (Wildman–Crippen LogP) is 1.48. The van der Waals surface area contributed by atoms with Crippen molar-refractivity contribution in [1.82, 2.24) is 15.3 Å². The van der Waals surface area contributed by atoms with E-state index < -0.39 is 5.97 Å². The maximum atomic E-state index is 12.1. The Morgan fingerprint density at radius 1 is 1.53 bits per heavy atom. The minimum absolute atomic E-state index is 0.0630. The largest absolute Gasteiger partial charge is 0.481 e. The number of hydrogen-bond acceptors (Lipinski definition) is 3. The molecule has 0 radical (unpaired) electrons. The molecule has 1 aliphatic rings. The number of carboxylic acids is 1. The summed E-state index contributed by atoms with van der Waals surface area (Å²) >= 11 is 0. The molecule has 1 heterocycles. The quantitative estimate of drug-likeness (QED) is 0.751. The Bertz CT molecular complexity index is 444. The second-order valence-corrected chi connectivity index (χ2v) is 4.99. The Morgan fingerprint density at radius 3 is 2.79 bits per heavy atom. The first-order chi connectivity index (χ1) is 9.11. The first kappa shape index (κ1) is 13.6. The molecule has 0 spiro atoms. The Labute approximate surface area is 111 Å². The average Bonchev–Trinajstić information content (AvgIpc) is 3.05. The lowest BCUT2D eigenvalue weighted by atomic mass is 10.0. The minimum atomic E-state index is -0.798. The van der Waals surface area contributed by atoms with Gasteiger partial charge < -0.3 is 15.4 Å². The third-order valence-corrected chi connectivity index (χ3v) is 3.73. The van der Waals surface area contributed by atoms with Gasteiger partial charge in [-0.1, -0.05) is 6.92 Å².